The molecule has 2 fully saturated rings. The van der Waals surface area contributed by atoms with Crippen molar-refractivity contribution in [2.75, 3.05) is 23.8 Å². The number of nitrogens with zero attached hydrogens (tertiary/aromatic N) is 1. The number of morpholine rings is 1. The smallest absolute Gasteiger partial charge is 0.337 e. The van der Waals surface area contributed by atoms with Crippen molar-refractivity contribution in [1.82, 2.24) is 0 Å². The van der Waals surface area contributed by atoms with Crippen molar-refractivity contribution in [3.8, 4) is 0 Å². The van der Waals surface area contributed by atoms with Crippen molar-refractivity contribution >= 4 is 17.3 Å². The second kappa shape index (κ2) is 4.74. The number of aromatic carboxylic acids is 1. The van der Waals surface area contributed by atoms with E-state index in [2.05, 4.69) is 4.90 Å². The van der Waals surface area contributed by atoms with Crippen molar-refractivity contribution in [3.63, 3.8) is 0 Å². The van der Waals surface area contributed by atoms with Gasteiger partial charge in [0.2, 0.25) is 0 Å². The summed E-state index contributed by atoms with van der Waals surface area (Å²) in [5.41, 5.74) is 7.51. The number of anilines is 2. The van der Waals surface area contributed by atoms with E-state index in [1.807, 2.05) is 0 Å². The molecule has 3 rings (SSSR count). The van der Waals surface area contributed by atoms with Crippen molar-refractivity contribution in [2.45, 2.75) is 31.4 Å². The average molecular weight is 262 g/mol. The molecule has 3 N–H and O–H groups in total. The molecule has 0 spiro atoms. The first kappa shape index (κ1) is 12.3. The third kappa shape index (κ3) is 2.04. The number of benzene rings is 1. The summed E-state index contributed by atoms with van der Waals surface area (Å²) in [7, 11) is 0. The summed E-state index contributed by atoms with van der Waals surface area (Å²) in [5, 5.41) is 9.35. The van der Waals surface area contributed by atoms with Crippen LogP contribution < -0.4 is 10.6 Å². The summed E-state index contributed by atoms with van der Waals surface area (Å²) in [6.45, 7) is 1.34. The Kier molecular flexibility index (Phi) is 3.06. The van der Waals surface area contributed by atoms with E-state index in [-0.39, 0.29) is 17.7 Å². The zero-order valence-electron chi connectivity index (χ0n) is 10.7. The van der Waals surface area contributed by atoms with E-state index in [0.717, 1.165) is 19.3 Å². The molecule has 102 valence electrons. The molecular weight excluding hydrogens is 244 g/mol. The highest BCUT2D eigenvalue weighted by Crippen LogP contribution is 2.37. The van der Waals surface area contributed by atoms with Gasteiger partial charge in [0, 0.05) is 6.54 Å². The Morgan fingerprint density at radius 3 is 3.05 bits per heavy atom. The molecule has 1 aliphatic heterocycles. The van der Waals surface area contributed by atoms with Gasteiger partial charge in [0.05, 0.1) is 35.7 Å². The van der Waals surface area contributed by atoms with Gasteiger partial charge in [-0.1, -0.05) is 6.07 Å². The van der Waals surface area contributed by atoms with E-state index >= 15 is 0 Å². The summed E-state index contributed by atoms with van der Waals surface area (Å²) in [6.07, 6.45) is 3.44. The van der Waals surface area contributed by atoms with Crippen LogP contribution in [0.25, 0.3) is 0 Å². The number of nitrogens with two attached hydrogens (primary N) is 1. The third-order valence-electron chi connectivity index (χ3n) is 4.07. The highest BCUT2D eigenvalue weighted by Gasteiger charge is 2.38. The molecule has 2 aliphatic rings. The summed E-state index contributed by atoms with van der Waals surface area (Å²) in [6, 6.07) is 5.33. The Morgan fingerprint density at radius 2 is 2.26 bits per heavy atom. The zero-order valence-corrected chi connectivity index (χ0v) is 10.7. The summed E-state index contributed by atoms with van der Waals surface area (Å²) in [5.74, 6) is -0.927. The van der Waals surface area contributed by atoms with E-state index in [1.165, 1.54) is 0 Å². The zero-order chi connectivity index (χ0) is 13.4. The largest absolute Gasteiger partial charge is 0.478 e. The van der Waals surface area contributed by atoms with Crippen molar-refractivity contribution in [3.05, 3.63) is 23.8 Å². The number of ether oxygens (including phenoxy) is 1. The second-order valence-electron chi connectivity index (χ2n) is 5.15. The molecule has 2 unspecified atom stereocenters. The van der Waals surface area contributed by atoms with Gasteiger partial charge in [-0.3, -0.25) is 0 Å². The molecule has 1 aliphatic carbocycles. The van der Waals surface area contributed by atoms with E-state index in [9.17, 15) is 9.90 Å². The number of hydrogen-bond donors (Lipinski definition) is 2. The van der Waals surface area contributed by atoms with Crippen molar-refractivity contribution < 1.29 is 14.6 Å². The highest BCUT2D eigenvalue weighted by molar-refractivity contribution is 5.98. The molecule has 5 nitrogen and oxygen atoms in total. The molecule has 0 bridgehead atoms. The van der Waals surface area contributed by atoms with Crippen LogP contribution in [0.5, 0.6) is 0 Å². The fourth-order valence-electron chi connectivity index (χ4n) is 3.26. The Hall–Kier alpha value is -1.75. The maximum Gasteiger partial charge on any atom is 0.337 e. The van der Waals surface area contributed by atoms with Gasteiger partial charge in [0.1, 0.15) is 0 Å². The molecular formula is C14H18N2O3. The lowest BCUT2D eigenvalue weighted by atomic mass is 10.0. The van der Waals surface area contributed by atoms with Crippen LogP contribution >= 0.6 is 0 Å². The van der Waals surface area contributed by atoms with E-state index < -0.39 is 5.97 Å². The van der Waals surface area contributed by atoms with Crippen LogP contribution in [0.4, 0.5) is 11.4 Å². The van der Waals surface area contributed by atoms with E-state index in [1.54, 1.807) is 18.2 Å². The van der Waals surface area contributed by atoms with Crippen molar-refractivity contribution in [1.29, 1.82) is 0 Å². The molecule has 19 heavy (non-hydrogen) atoms. The van der Waals surface area contributed by atoms with Crippen LogP contribution in [-0.2, 0) is 4.74 Å². The Balaban J connectivity index is 2.03. The Bertz CT molecular complexity index is 503. The minimum absolute atomic E-state index is 0.218. The molecule has 2 atom stereocenters. The number of para-hydroxylation sites is 1. The minimum atomic E-state index is -0.927. The van der Waals surface area contributed by atoms with Gasteiger partial charge in [0.15, 0.2) is 0 Å². The molecule has 5 heteroatoms. The number of carboxylic acid groups (broad SMARTS) is 1. The molecule has 0 aromatic heterocycles. The van der Waals surface area contributed by atoms with Crippen LogP contribution in [0.3, 0.4) is 0 Å². The van der Waals surface area contributed by atoms with Crippen LogP contribution in [0.1, 0.15) is 29.6 Å². The standard InChI is InChI=1S/C14H18N2O3/c15-10-4-1-3-9(14(17)18)13(10)16-7-8-19-12-6-2-5-11(12)16/h1,3-4,11-12H,2,5-8,15H2,(H,17,18). The van der Waals surface area contributed by atoms with Gasteiger partial charge in [-0.25, -0.2) is 4.79 Å². The topological polar surface area (TPSA) is 75.8 Å². The first-order valence-electron chi connectivity index (χ1n) is 6.68. The summed E-state index contributed by atoms with van der Waals surface area (Å²) in [4.78, 5) is 13.5. The Morgan fingerprint density at radius 1 is 1.42 bits per heavy atom. The van der Waals surface area contributed by atoms with E-state index in [0.29, 0.717) is 24.5 Å². The highest BCUT2D eigenvalue weighted by atomic mass is 16.5. The SMILES string of the molecule is Nc1cccc(C(=O)O)c1N1CCOC2CCCC21. The number of nitrogen functional groups attached to an aromatic ring is 1. The average Bonchev–Trinajstić information content (AvgIpc) is 2.86. The van der Waals surface area contributed by atoms with Crippen LogP contribution in [0.2, 0.25) is 0 Å². The molecule has 1 heterocycles. The summed E-state index contributed by atoms with van der Waals surface area (Å²) >= 11 is 0. The van der Waals surface area contributed by atoms with Crippen molar-refractivity contribution in [2.24, 2.45) is 0 Å². The molecule has 1 saturated heterocycles. The maximum atomic E-state index is 11.4. The molecule has 1 saturated carbocycles. The number of rotatable bonds is 2. The lowest BCUT2D eigenvalue weighted by Gasteiger charge is -2.40. The predicted octanol–water partition coefficient (Wildman–Crippen LogP) is 1.72. The molecule has 1 aromatic rings. The number of hydrogen-bond acceptors (Lipinski definition) is 4. The minimum Gasteiger partial charge on any atom is -0.478 e. The number of fused-ring (bicyclic) bond motifs is 1. The molecule has 0 amide bonds. The van der Waals surface area contributed by atoms with Crippen LogP contribution in [0, 0.1) is 0 Å². The van der Waals surface area contributed by atoms with Gasteiger partial charge >= 0.3 is 5.97 Å². The van der Waals surface area contributed by atoms with Crippen LogP contribution in [0.15, 0.2) is 18.2 Å². The second-order valence-corrected chi connectivity index (χ2v) is 5.15. The maximum absolute atomic E-state index is 11.4. The van der Waals surface area contributed by atoms with Crippen LogP contribution in [-0.4, -0.2) is 36.4 Å². The fraction of sp³-hybridized carbons (Fsp3) is 0.500. The molecule has 0 radical (unpaired) electrons. The number of carboxylic acids is 1. The predicted molar refractivity (Wildman–Crippen MR) is 72.5 cm³/mol. The molecule has 1 aromatic carbocycles. The van der Waals surface area contributed by atoms with Gasteiger partial charge < -0.3 is 20.5 Å². The number of carbonyl (C=O) groups is 1. The first-order valence-corrected chi connectivity index (χ1v) is 6.68. The van der Waals surface area contributed by atoms with E-state index in [4.69, 9.17) is 10.5 Å². The van der Waals surface area contributed by atoms with Gasteiger partial charge in [0.25, 0.3) is 0 Å². The van der Waals surface area contributed by atoms with Gasteiger partial charge in [-0.15, -0.1) is 0 Å². The lowest BCUT2D eigenvalue weighted by molar-refractivity contribution is 0.0255. The third-order valence-corrected chi connectivity index (χ3v) is 4.07. The van der Waals surface area contributed by atoms with Gasteiger partial charge in [-0.05, 0) is 31.4 Å². The lowest BCUT2D eigenvalue weighted by Crippen LogP contribution is -2.49. The summed E-state index contributed by atoms with van der Waals surface area (Å²) < 4.78 is 5.76. The Labute approximate surface area is 112 Å². The van der Waals surface area contributed by atoms with Gasteiger partial charge in [-0.2, -0.15) is 0 Å². The quantitative estimate of drug-likeness (QED) is 0.794. The first-order chi connectivity index (χ1) is 9.18. The normalized spacial score (nSPS) is 26.2. The fourth-order valence-corrected chi connectivity index (χ4v) is 3.26. The monoisotopic (exact) mass is 262 g/mol.